The van der Waals surface area contributed by atoms with Gasteiger partial charge in [-0.2, -0.15) is 0 Å². The van der Waals surface area contributed by atoms with E-state index in [0.717, 1.165) is 31.7 Å². The predicted octanol–water partition coefficient (Wildman–Crippen LogP) is 1.51. The normalized spacial score (nSPS) is 16.9. The second kappa shape index (κ2) is 8.02. The first kappa shape index (κ1) is 15.8. The molecular formula is C14H21ClN2O2. The molecule has 0 saturated heterocycles. The van der Waals surface area contributed by atoms with Gasteiger partial charge < -0.3 is 15.8 Å². The number of ether oxygens (including phenoxy) is 1. The maximum absolute atomic E-state index is 10.6. The Kier molecular flexibility index (Phi) is 6.67. The summed E-state index contributed by atoms with van der Waals surface area (Å²) in [5.41, 5.74) is 6.37. The summed E-state index contributed by atoms with van der Waals surface area (Å²) in [7, 11) is 0. The molecule has 2 rings (SSSR count). The number of hydrogen-bond acceptors (Lipinski definition) is 3. The van der Waals surface area contributed by atoms with Gasteiger partial charge in [-0.3, -0.25) is 4.79 Å². The molecule has 106 valence electrons. The summed E-state index contributed by atoms with van der Waals surface area (Å²) >= 11 is 0. The van der Waals surface area contributed by atoms with Crippen molar-refractivity contribution in [3.8, 4) is 5.75 Å². The summed E-state index contributed by atoms with van der Waals surface area (Å²) in [5, 5.41) is 3.23. The number of carbonyl (C=O) groups is 1. The van der Waals surface area contributed by atoms with Crippen molar-refractivity contribution in [2.75, 3.05) is 19.7 Å². The molecule has 0 bridgehead atoms. The number of rotatable bonds is 6. The molecule has 19 heavy (non-hydrogen) atoms. The molecule has 0 radical (unpaired) electrons. The first-order valence-electron chi connectivity index (χ1n) is 6.45. The van der Waals surface area contributed by atoms with E-state index >= 15 is 0 Å². The van der Waals surface area contributed by atoms with Gasteiger partial charge in [0.15, 0.2) is 0 Å². The van der Waals surface area contributed by atoms with Crippen molar-refractivity contribution >= 4 is 18.3 Å². The van der Waals surface area contributed by atoms with E-state index in [0.29, 0.717) is 18.9 Å². The first-order valence-corrected chi connectivity index (χ1v) is 6.45. The molecule has 5 heteroatoms. The van der Waals surface area contributed by atoms with Crippen molar-refractivity contribution < 1.29 is 9.53 Å². The number of fused-ring (bicyclic) bond motifs is 1. The van der Waals surface area contributed by atoms with Gasteiger partial charge in [-0.25, -0.2) is 0 Å². The molecular weight excluding hydrogens is 264 g/mol. The van der Waals surface area contributed by atoms with Crippen molar-refractivity contribution in [2.45, 2.75) is 19.3 Å². The highest BCUT2D eigenvalue weighted by atomic mass is 35.5. The summed E-state index contributed by atoms with van der Waals surface area (Å²) in [6.07, 6.45) is 2.55. The van der Waals surface area contributed by atoms with Gasteiger partial charge in [0.25, 0.3) is 0 Å². The van der Waals surface area contributed by atoms with Gasteiger partial charge in [-0.05, 0) is 36.9 Å². The third-order valence-electron chi connectivity index (χ3n) is 3.23. The molecule has 1 unspecified atom stereocenters. The van der Waals surface area contributed by atoms with Gasteiger partial charge in [0.05, 0.1) is 6.61 Å². The van der Waals surface area contributed by atoms with Crippen LogP contribution in [0.3, 0.4) is 0 Å². The number of primary amides is 1. The van der Waals surface area contributed by atoms with Crippen molar-refractivity contribution in [3.63, 3.8) is 0 Å². The van der Waals surface area contributed by atoms with Crippen molar-refractivity contribution in [1.29, 1.82) is 0 Å². The number of nitrogens with two attached hydrogens (primary N) is 1. The average Bonchev–Trinajstić information content (AvgIpc) is 2.38. The van der Waals surface area contributed by atoms with E-state index in [4.69, 9.17) is 10.5 Å². The number of halogens is 1. The maximum Gasteiger partial charge on any atom is 0.218 e. The van der Waals surface area contributed by atoms with Crippen LogP contribution in [-0.4, -0.2) is 25.6 Å². The largest absolute Gasteiger partial charge is 0.493 e. The van der Waals surface area contributed by atoms with Gasteiger partial charge in [0.2, 0.25) is 5.91 Å². The summed E-state index contributed by atoms with van der Waals surface area (Å²) in [6, 6.07) is 8.21. The molecule has 3 N–H and O–H groups in total. The molecule has 0 spiro atoms. The van der Waals surface area contributed by atoms with E-state index in [2.05, 4.69) is 17.4 Å². The van der Waals surface area contributed by atoms with Gasteiger partial charge >= 0.3 is 0 Å². The van der Waals surface area contributed by atoms with E-state index in [-0.39, 0.29) is 18.3 Å². The highest BCUT2D eigenvalue weighted by Crippen LogP contribution is 2.27. The third kappa shape index (κ3) is 5.09. The molecule has 1 heterocycles. The lowest BCUT2D eigenvalue weighted by atomic mass is 9.94. The zero-order valence-corrected chi connectivity index (χ0v) is 11.7. The number of para-hydroxylation sites is 1. The zero-order valence-electron chi connectivity index (χ0n) is 10.9. The summed E-state index contributed by atoms with van der Waals surface area (Å²) in [4.78, 5) is 10.6. The Balaban J connectivity index is 0.00000180. The minimum Gasteiger partial charge on any atom is -0.493 e. The third-order valence-corrected chi connectivity index (χ3v) is 3.23. The lowest BCUT2D eigenvalue weighted by molar-refractivity contribution is -0.117. The molecule has 1 amide bonds. The monoisotopic (exact) mass is 284 g/mol. The van der Waals surface area contributed by atoms with E-state index < -0.39 is 0 Å². The summed E-state index contributed by atoms with van der Waals surface area (Å²) < 4.78 is 5.73. The highest BCUT2D eigenvalue weighted by molar-refractivity contribution is 5.85. The van der Waals surface area contributed by atoms with Crippen LogP contribution >= 0.6 is 12.4 Å². The quantitative estimate of drug-likeness (QED) is 0.779. The van der Waals surface area contributed by atoms with Gasteiger partial charge in [0.1, 0.15) is 5.75 Å². The molecule has 1 aliphatic heterocycles. The summed E-state index contributed by atoms with van der Waals surface area (Å²) in [5.74, 6) is 1.33. The zero-order chi connectivity index (χ0) is 12.8. The van der Waals surface area contributed by atoms with Crippen molar-refractivity contribution in [3.05, 3.63) is 29.8 Å². The van der Waals surface area contributed by atoms with Crippen LogP contribution < -0.4 is 15.8 Å². The lowest BCUT2D eigenvalue weighted by Crippen LogP contribution is -2.27. The van der Waals surface area contributed by atoms with Crippen LogP contribution in [0.4, 0.5) is 0 Å². The average molecular weight is 285 g/mol. The van der Waals surface area contributed by atoms with E-state index in [1.807, 2.05) is 12.1 Å². The number of amides is 1. The Labute approximate surface area is 120 Å². The fourth-order valence-electron chi connectivity index (χ4n) is 2.22. The maximum atomic E-state index is 10.6. The Bertz CT molecular complexity index is 412. The standard InChI is InChI=1S/C14H20N2O2.ClH/c15-14(17)6-8-16-7-5-11-9-12-3-1-2-4-13(12)18-10-11;/h1-4,11,16H,5-10H2,(H2,15,17);1H. The van der Waals surface area contributed by atoms with Gasteiger partial charge in [0, 0.05) is 13.0 Å². The minimum absolute atomic E-state index is 0. The van der Waals surface area contributed by atoms with Gasteiger partial charge in [-0.1, -0.05) is 18.2 Å². The van der Waals surface area contributed by atoms with Crippen LogP contribution in [0.5, 0.6) is 5.75 Å². The molecule has 0 aliphatic carbocycles. The number of nitrogens with one attached hydrogen (secondary N) is 1. The van der Waals surface area contributed by atoms with Crippen LogP contribution in [0.25, 0.3) is 0 Å². The molecule has 1 aliphatic rings. The van der Waals surface area contributed by atoms with Crippen LogP contribution in [0.2, 0.25) is 0 Å². The van der Waals surface area contributed by atoms with Crippen molar-refractivity contribution in [1.82, 2.24) is 5.32 Å². The molecule has 0 saturated carbocycles. The van der Waals surface area contributed by atoms with Gasteiger partial charge in [-0.15, -0.1) is 12.4 Å². The number of carbonyl (C=O) groups excluding carboxylic acids is 1. The van der Waals surface area contributed by atoms with E-state index in [9.17, 15) is 4.79 Å². The fourth-order valence-corrected chi connectivity index (χ4v) is 2.22. The van der Waals surface area contributed by atoms with Crippen LogP contribution in [0.1, 0.15) is 18.4 Å². The fraction of sp³-hybridized carbons (Fsp3) is 0.500. The Hall–Kier alpha value is -1.26. The van der Waals surface area contributed by atoms with Crippen LogP contribution in [0, 0.1) is 5.92 Å². The molecule has 0 aromatic heterocycles. The molecule has 4 nitrogen and oxygen atoms in total. The van der Waals surface area contributed by atoms with E-state index in [1.54, 1.807) is 0 Å². The SMILES string of the molecule is Cl.NC(=O)CCNCCC1COc2ccccc2C1. The van der Waals surface area contributed by atoms with Crippen LogP contribution in [-0.2, 0) is 11.2 Å². The lowest BCUT2D eigenvalue weighted by Gasteiger charge is -2.25. The Morgan fingerprint density at radius 1 is 1.37 bits per heavy atom. The predicted molar refractivity (Wildman–Crippen MR) is 77.7 cm³/mol. The topological polar surface area (TPSA) is 64.4 Å². The minimum atomic E-state index is -0.252. The second-order valence-electron chi connectivity index (χ2n) is 4.74. The number of benzene rings is 1. The molecule has 0 fully saturated rings. The molecule has 1 aromatic rings. The van der Waals surface area contributed by atoms with Crippen molar-refractivity contribution in [2.24, 2.45) is 11.7 Å². The number of hydrogen-bond donors (Lipinski definition) is 2. The highest BCUT2D eigenvalue weighted by Gasteiger charge is 2.18. The Morgan fingerprint density at radius 3 is 2.95 bits per heavy atom. The molecule has 1 atom stereocenters. The smallest absolute Gasteiger partial charge is 0.218 e. The second-order valence-corrected chi connectivity index (χ2v) is 4.74. The Morgan fingerprint density at radius 2 is 2.16 bits per heavy atom. The van der Waals surface area contributed by atoms with E-state index in [1.165, 1.54) is 5.56 Å². The van der Waals surface area contributed by atoms with Crippen LogP contribution in [0.15, 0.2) is 24.3 Å². The first-order chi connectivity index (χ1) is 8.75. The molecule has 1 aromatic carbocycles. The summed E-state index contributed by atoms with van der Waals surface area (Å²) in [6.45, 7) is 2.36.